The van der Waals surface area contributed by atoms with Crippen LogP contribution in [0.1, 0.15) is 70.8 Å². The SMILES string of the molecule is CC(=O)c1cccc(N(C(=O)c2ccccn2)[C@@H](C(=O)NC2CCCCC2)c2cccs2)c1. The number of pyridine rings is 1. The van der Waals surface area contributed by atoms with Crippen molar-refractivity contribution in [1.29, 1.82) is 0 Å². The molecule has 1 aliphatic rings. The van der Waals surface area contributed by atoms with Gasteiger partial charge in [-0.1, -0.05) is 43.5 Å². The average Bonchev–Trinajstić information content (AvgIpc) is 3.37. The van der Waals surface area contributed by atoms with E-state index in [1.165, 1.54) is 29.6 Å². The van der Waals surface area contributed by atoms with Crippen LogP contribution < -0.4 is 10.2 Å². The van der Waals surface area contributed by atoms with E-state index in [0.717, 1.165) is 30.6 Å². The first-order valence-electron chi connectivity index (χ1n) is 11.2. The van der Waals surface area contributed by atoms with Crippen LogP contribution in [0.5, 0.6) is 0 Å². The number of Topliss-reactive ketones (excluding diaryl/α,β-unsaturated/α-hetero) is 1. The molecule has 2 heterocycles. The molecule has 0 saturated heterocycles. The molecule has 7 heteroatoms. The molecule has 0 spiro atoms. The summed E-state index contributed by atoms with van der Waals surface area (Å²) in [5.74, 6) is -0.725. The number of rotatable bonds is 7. The molecular weight excluding hydrogens is 434 g/mol. The second-order valence-electron chi connectivity index (χ2n) is 8.26. The van der Waals surface area contributed by atoms with Gasteiger partial charge < -0.3 is 5.32 Å². The topological polar surface area (TPSA) is 79.4 Å². The zero-order valence-corrected chi connectivity index (χ0v) is 19.4. The van der Waals surface area contributed by atoms with Crippen LogP contribution in [0.15, 0.2) is 66.2 Å². The summed E-state index contributed by atoms with van der Waals surface area (Å²) in [5.41, 5.74) is 1.19. The first-order valence-corrected chi connectivity index (χ1v) is 12.1. The van der Waals surface area contributed by atoms with Crippen LogP contribution in [0.2, 0.25) is 0 Å². The van der Waals surface area contributed by atoms with E-state index >= 15 is 0 Å². The van der Waals surface area contributed by atoms with Crippen molar-refractivity contribution in [1.82, 2.24) is 10.3 Å². The molecule has 0 aliphatic heterocycles. The van der Waals surface area contributed by atoms with Gasteiger partial charge in [0.15, 0.2) is 11.8 Å². The summed E-state index contributed by atoms with van der Waals surface area (Å²) in [6.07, 6.45) is 6.80. The van der Waals surface area contributed by atoms with E-state index in [1.54, 1.807) is 48.7 Å². The first-order chi connectivity index (χ1) is 16.0. The van der Waals surface area contributed by atoms with Crippen LogP contribution in [-0.2, 0) is 4.79 Å². The molecule has 33 heavy (non-hydrogen) atoms. The maximum absolute atomic E-state index is 13.8. The van der Waals surface area contributed by atoms with Crippen molar-refractivity contribution < 1.29 is 14.4 Å². The molecule has 1 aromatic carbocycles. The number of hydrogen-bond acceptors (Lipinski definition) is 5. The summed E-state index contributed by atoms with van der Waals surface area (Å²) < 4.78 is 0. The van der Waals surface area contributed by atoms with Crippen LogP contribution in [0.25, 0.3) is 0 Å². The quantitative estimate of drug-likeness (QED) is 0.492. The van der Waals surface area contributed by atoms with Gasteiger partial charge in [0.25, 0.3) is 5.91 Å². The highest BCUT2D eigenvalue weighted by atomic mass is 32.1. The van der Waals surface area contributed by atoms with Crippen molar-refractivity contribution in [3.05, 3.63) is 82.3 Å². The highest BCUT2D eigenvalue weighted by molar-refractivity contribution is 7.10. The number of carbonyl (C=O) groups excluding carboxylic acids is 3. The smallest absolute Gasteiger partial charge is 0.277 e. The Kier molecular flexibility index (Phi) is 7.29. The van der Waals surface area contributed by atoms with Crippen LogP contribution in [0.4, 0.5) is 5.69 Å². The molecule has 4 rings (SSSR count). The molecule has 6 nitrogen and oxygen atoms in total. The Morgan fingerprint density at radius 3 is 2.52 bits per heavy atom. The second-order valence-corrected chi connectivity index (χ2v) is 9.24. The van der Waals surface area contributed by atoms with Crippen molar-refractivity contribution in [3.63, 3.8) is 0 Å². The summed E-state index contributed by atoms with van der Waals surface area (Å²) in [6.45, 7) is 1.48. The lowest BCUT2D eigenvalue weighted by Crippen LogP contribution is -2.47. The third-order valence-corrected chi connectivity index (χ3v) is 6.83. The van der Waals surface area contributed by atoms with E-state index in [-0.39, 0.29) is 23.4 Å². The molecule has 2 amide bonds. The summed E-state index contributed by atoms with van der Waals surface area (Å²) in [4.78, 5) is 46.0. The number of anilines is 1. The van der Waals surface area contributed by atoms with Gasteiger partial charge in [-0.15, -0.1) is 11.3 Å². The van der Waals surface area contributed by atoms with Crippen molar-refractivity contribution in [2.75, 3.05) is 4.90 Å². The number of aromatic nitrogens is 1. The van der Waals surface area contributed by atoms with Gasteiger partial charge in [0, 0.05) is 28.4 Å². The molecule has 0 radical (unpaired) electrons. The molecule has 1 saturated carbocycles. The van der Waals surface area contributed by atoms with E-state index in [0.29, 0.717) is 11.3 Å². The summed E-state index contributed by atoms with van der Waals surface area (Å²) in [6, 6.07) is 14.9. The standard InChI is InChI=1S/C26H27N3O3S/c1-18(30)19-9-7-12-21(17-19)29(26(32)22-13-5-6-15-27-22)24(23-14-8-16-33-23)25(31)28-20-10-3-2-4-11-20/h5-9,12-17,20,24H,2-4,10-11H2,1H3,(H,28,31)/t24-/m1/s1. The van der Waals surface area contributed by atoms with Gasteiger partial charge in [-0.25, -0.2) is 0 Å². The lowest BCUT2D eigenvalue weighted by molar-refractivity contribution is -0.123. The zero-order valence-electron chi connectivity index (χ0n) is 18.6. The molecule has 1 atom stereocenters. The maximum Gasteiger partial charge on any atom is 0.277 e. The van der Waals surface area contributed by atoms with Crippen LogP contribution >= 0.6 is 11.3 Å². The third-order valence-electron chi connectivity index (χ3n) is 5.90. The highest BCUT2D eigenvalue weighted by Crippen LogP contribution is 2.33. The van der Waals surface area contributed by atoms with Gasteiger partial charge >= 0.3 is 0 Å². The fourth-order valence-electron chi connectivity index (χ4n) is 4.22. The Bertz CT molecular complexity index is 1110. The fourth-order valence-corrected chi connectivity index (χ4v) is 5.03. The number of amides is 2. The third kappa shape index (κ3) is 5.37. The molecular formula is C26H27N3O3S. The fraction of sp³-hybridized carbons (Fsp3) is 0.308. The zero-order chi connectivity index (χ0) is 23.2. The van der Waals surface area contributed by atoms with E-state index in [4.69, 9.17) is 0 Å². The Morgan fingerprint density at radius 2 is 1.85 bits per heavy atom. The molecule has 1 aliphatic carbocycles. The highest BCUT2D eigenvalue weighted by Gasteiger charge is 2.35. The largest absolute Gasteiger partial charge is 0.351 e. The summed E-state index contributed by atoms with van der Waals surface area (Å²) in [5, 5.41) is 5.08. The van der Waals surface area contributed by atoms with Crippen LogP contribution in [0.3, 0.4) is 0 Å². The van der Waals surface area contributed by atoms with Crippen molar-refractivity contribution in [3.8, 4) is 0 Å². The van der Waals surface area contributed by atoms with Gasteiger partial charge in [0.2, 0.25) is 5.91 Å². The molecule has 1 N–H and O–H groups in total. The van der Waals surface area contributed by atoms with Gasteiger partial charge in [-0.2, -0.15) is 0 Å². The molecule has 170 valence electrons. The number of nitrogens with one attached hydrogen (secondary N) is 1. The predicted molar refractivity (Wildman–Crippen MR) is 130 cm³/mol. The van der Waals surface area contributed by atoms with Crippen LogP contribution in [0, 0.1) is 0 Å². The number of hydrogen-bond donors (Lipinski definition) is 1. The lowest BCUT2D eigenvalue weighted by Gasteiger charge is -2.32. The van der Waals surface area contributed by atoms with Crippen molar-refractivity contribution in [2.24, 2.45) is 0 Å². The average molecular weight is 462 g/mol. The summed E-state index contributed by atoms with van der Waals surface area (Å²) >= 11 is 1.43. The van der Waals surface area contributed by atoms with Gasteiger partial charge in [0.05, 0.1) is 0 Å². The minimum Gasteiger partial charge on any atom is -0.351 e. The number of thiophene rings is 1. The number of ketones is 1. The molecule has 0 unspecified atom stereocenters. The van der Waals surface area contributed by atoms with Gasteiger partial charge in [-0.3, -0.25) is 24.3 Å². The van der Waals surface area contributed by atoms with E-state index < -0.39 is 11.9 Å². The number of carbonyl (C=O) groups is 3. The Labute approximate surface area is 197 Å². The van der Waals surface area contributed by atoms with E-state index in [1.807, 2.05) is 17.5 Å². The predicted octanol–water partition coefficient (Wildman–Crippen LogP) is 5.18. The van der Waals surface area contributed by atoms with Crippen molar-refractivity contribution >= 4 is 34.6 Å². The van der Waals surface area contributed by atoms with E-state index in [9.17, 15) is 14.4 Å². The lowest BCUT2D eigenvalue weighted by atomic mass is 9.95. The number of nitrogens with zero attached hydrogens (tertiary/aromatic N) is 2. The normalized spacial score (nSPS) is 14.9. The first kappa shape index (κ1) is 22.9. The monoisotopic (exact) mass is 461 g/mol. The number of benzene rings is 1. The molecule has 2 aromatic heterocycles. The molecule has 0 bridgehead atoms. The minimum absolute atomic E-state index is 0.101. The van der Waals surface area contributed by atoms with Gasteiger partial charge in [0.1, 0.15) is 5.69 Å². The minimum atomic E-state index is -0.872. The Balaban J connectivity index is 1.79. The van der Waals surface area contributed by atoms with Gasteiger partial charge in [-0.05, 0) is 55.5 Å². The molecule has 1 fully saturated rings. The Morgan fingerprint density at radius 1 is 1.03 bits per heavy atom. The van der Waals surface area contributed by atoms with Crippen LogP contribution in [-0.4, -0.2) is 28.6 Å². The summed E-state index contributed by atoms with van der Waals surface area (Å²) in [7, 11) is 0. The molecule has 3 aromatic rings. The van der Waals surface area contributed by atoms with Crippen molar-refractivity contribution in [2.45, 2.75) is 51.1 Å². The second kappa shape index (κ2) is 10.5. The maximum atomic E-state index is 13.8. The Hall–Kier alpha value is -3.32. The van der Waals surface area contributed by atoms with E-state index in [2.05, 4.69) is 10.3 Å².